The molecule has 0 N–H and O–H groups in total. The maximum absolute atomic E-state index is 12.0. The Morgan fingerprint density at radius 3 is 1.96 bits per heavy atom. The van der Waals surface area contributed by atoms with Crippen molar-refractivity contribution in [2.75, 3.05) is 13.2 Å². The Morgan fingerprint density at radius 2 is 1.40 bits per heavy atom. The number of carbonyl (C=O) groups is 1. The fraction of sp³-hybridized carbons (Fsp3) is 0.562. The van der Waals surface area contributed by atoms with Gasteiger partial charge >= 0.3 is 21.6 Å². The molecule has 142 valence electrons. The van der Waals surface area contributed by atoms with E-state index in [9.17, 15) is 26.4 Å². The Hall–Kier alpha value is -1.61. The Balaban J connectivity index is 1.98. The van der Waals surface area contributed by atoms with Gasteiger partial charge in [-0.15, -0.1) is 0 Å². The summed E-state index contributed by atoms with van der Waals surface area (Å²) in [4.78, 5) is 11.6. The molecule has 0 unspecified atom stereocenters. The van der Waals surface area contributed by atoms with E-state index < -0.39 is 22.2 Å². The predicted molar refractivity (Wildman–Crippen MR) is 85.4 cm³/mol. The molecule has 0 atom stereocenters. The molecule has 5 nitrogen and oxygen atoms in total. The largest absolute Gasteiger partial charge is 0.523 e. The van der Waals surface area contributed by atoms with Crippen molar-refractivity contribution < 1.29 is 35.3 Å². The fourth-order valence-corrected chi connectivity index (χ4v) is 2.44. The summed E-state index contributed by atoms with van der Waals surface area (Å²) in [5.74, 6) is -0.372. The van der Waals surface area contributed by atoms with Crippen LogP contribution in [0.4, 0.5) is 13.2 Å². The zero-order valence-corrected chi connectivity index (χ0v) is 14.4. The second-order valence-electron chi connectivity index (χ2n) is 5.35. The molecule has 1 aromatic carbocycles. The monoisotopic (exact) mass is 382 g/mol. The summed E-state index contributed by atoms with van der Waals surface area (Å²) in [6, 6.07) is 8.65. The number of unbranched alkanes of at least 4 members (excludes halogenated alkanes) is 5. The van der Waals surface area contributed by atoms with Crippen molar-refractivity contribution in [1.29, 1.82) is 0 Å². The topological polar surface area (TPSA) is 69.7 Å². The lowest BCUT2D eigenvalue weighted by molar-refractivity contribution is -0.0542. The number of rotatable bonds is 11. The summed E-state index contributed by atoms with van der Waals surface area (Å²) in [6.07, 6.45) is 3.85. The highest BCUT2D eigenvalue weighted by molar-refractivity contribution is 7.87. The van der Waals surface area contributed by atoms with Crippen LogP contribution in [0.2, 0.25) is 0 Å². The van der Waals surface area contributed by atoms with Gasteiger partial charge in [0.05, 0.1) is 18.8 Å². The van der Waals surface area contributed by atoms with Gasteiger partial charge in [-0.2, -0.15) is 21.6 Å². The van der Waals surface area contributed by atoms with Crippen molar-refractivity contribution in [3.8, 4) is 0 Å². The predicted octanol–water partition coefficient (Wildman–Crippen LogP) is 4.05. The number of ether oxygens (including phenoxy) is 1. The molecule has 0 fully saturated rings. The minimum Gasteiger partial charge on any atom is -0.462 e. The SMILES string of the molecule is O=C(OCCCCCCCCOS(=O)(=O)C(F)(F)F)c1ccccc1. The van der Waals surface area contributed by atoms with Gasteiger partial charge in [0, 0.05) is 0 Å². The van der Waals surface area contributed by atoms with Crippen LogP contribution >= 0.6 is 0 Å². The maximum atomic E-state index is 12.0. The molecule has 0 saturated heterocycles. The van der Waals surface area contributed by atoms with Gasteiger partial charge in [-0.05, 0) is 25.0 Å². The van der Waals surface area contributed by atoms with Crippen LogP contribution in [0.25, 0.3) is 0 Å². The summed E-state index contributed by atoms with van der Waals surface area (Å²) in [5, 5.41) is 0. The number of hydrogen-bond acceptors (Lipinski definition) is 5. The van der Waals surface area contributed by atoms with Crippen molar-refractivity contribution in [3.63, 3.8) is 0 Å². The third-order valence-corrected chi connectivity index (χ3v) is 4.35. The summed E-state index contributed by atoms with van der Waals surface area (Å²) in [6.45, 7) is -0.169. The van der Waals surface area contributed by atoms with E-state index in [1.807, 2.05) is 0 Å². The van der Waals surface area contributed by atoms with Gasteiger partial charge in [-0.3, -0.25) is 4.18 Å². The van der Waals surface area contributed by atoms with Crippen LogP contribution in [-0.4, -0.2) is 33.1 Å². The van der Waals surface area contributed by atoms with Crippen LogP contribution in [0.3, 0.4) is 0 Å². The van der Waals surface area contributed by atoms with Gasteiger partial charge in [-0.1, -0.05) is 43.9 Å². The number of carbonyl (C=O) groups excluding carboxylic acids is 1. The van der Waals surface area contributed by atoms with Gasteiger partial charge in [0.15, 0.2) is 0 Å². The van der Waals surface area contributed by atoms with Crippen LogP contribution in [0, 0.1) is 0 Å². The van der Waals surface area contributed by atoms with E-state index in [2.05, 4.69) is 4.18 Å². The summed E-state index contributed by atoms with van der Waals surface area (Å²) < 4.78 is 66.3. The molecule has 0 aliphatic heterocycles. The first kappa shape index (κ1) is 21.4. The van der Waals surface area contributed by atoms with Crippen LogP contribution in [0.5, 0.6) is 0 Å². The van der Waals surface area contributed by atoms with Crippen molar-refractivity contribution in [2.24, 2.45) is 0 Å². The Bertz CT molecular complexity index is 614. The van der Waals surface area contributed by atoms with Gasteiger partial charge < -0.3 is 4.74 Å². The van der Waals surface area contributed by atoms with E-state index in [1.54, 1.807) is 30.3 Å². The highest BCUT2D eigenvalue weighted by atomic mass is 32.2. The normalized spacial score (nSPS) is 12.1. The Morgan fingerprint density at radius 1 is 0.880 bits per heavy atom. The molecule has 1 rings (SSSR count). The first-order valence-corrected chi connectivity index (χ1v) is 9.33. The van der Waals surface area contributed by atoms with Gasteiger partial charge in [0.1, 0.15) is 0 Å². The van der Waals surface area contributed by atoms with Crippen LogP contribution in [0.15, 0.2) is 30.3 Å². The second kappa shape index (κ2) is 10.4. The average molecular weight is 382 g/mol. The summed E-state index contributed by atoms with van der Waals surface area (Å²) >= 11 is 0. The third-order valence-electron chi connectivity index (χ3n) is 3.30. The smallest absolute Gasteiger partial charge is 0.462 e. The molecule has 0 heterocycles. The van der Waals surface area contributed by atoms with E-state index in [0.29, 0.717) is 25.0 Å². The lowest BCUT2D eigenvalue weighted by atomic mass is 10.1. The van der Waals surface area contributed by atoms with E-state index in [4.69, 9.17) is 4.74 Å². The third kappa shape index (κ3) is 8.35. The maximum Gasteiger partial charge on any atom is 0.523 e. The lowest BCUT2D eigenvalue weighted by Crippen LogP contribution is -2.25. The first-order valence-electron chi connectivity index (χ1n) is 7.92. The van der Waals surface area contributed by atoms with Gasteiger partial charge in [0.25, 0.3) is 0 Å². The molecule has 0 spiro atoms. The summed E-state index contributed by atoms with van der Waals surface area (Å²) in [7, 11) is -5.48. The van der Waals surface area contributed by atoms with Crippen molar-refractivity contribution in [3.05, 3.63) is 35.9 Å². The van der Waals surface area contributed by atoms with Gasteiger partial charge in [0.2, 0.25) is 0 Å². The first-order chi connectivity index (χ1) is 11.7. The highest BCUT2D eigenvalue weighted by Crippen LogP contribution is 2.24. The van der Waals surface area contributed by atoms with E-state index in [1.165, 1.54) is 0 Å². The number of alkyl halides is 3. The van der Waals surface area contributed by atoms with Crippen molar-refractivity contribution in [1.82, 2.24) is 0 Å². The molecular weight excluding hydrogens is 361 g/mol. The number of halogens is 3. The number of benzene rings is 1. The molecule has 0 aromatic heterocycles. The molecular formula is C16H21F3O5S. The van der Waals surface area contributed by atoms with Crippen molar-refractivity contribution >= 4 is 16.1 Å². The molecule has 0 saturated carbocycles. The van der Waals surface area contributed by atoms with E-state index >= 15 is 0 Å². The van der Waals surface area contributed by atoms with Crippen LogP contribution in [0.1, 0.15) is 48.9 Å². The summed E-state index contributed by atoms with van der Waals surface area (Å²) in [5.41, 5.74) is -4.87. The quantitative estimate of drug-likeness (QED) is 0.250. The molecule has 0 radical (unpaired) electrons. The molecule has 0 aliphatic rings. The zero-order chi connectivity index (χ0) is 18.8. The average Bonchev–Trinajstić information content (AvgIpc) is 2.56. The molecule has 0 bridgehead atoms. The van der Waals surface area contributed by atoms with E-state index in [0.717, 1.165) is 19.3 Å². The number of esters is 1. The van der Waals surface area contributed by atoms with E-state index in [-0.39, 0.29) is 12.4 Å². The van der Waals surface area contributed by atoms with Crippen LogP contribution < -0.4 is 0 Å². The minimum atomic E-state index is -5.48. The lowest BCUT2D eigenvalue weighted by Gasteiger charge is -2.08. The van der Waals surface area contributed by atoms with Crippen molar-refractivity contribution in [2.45, 2.75) is 44.0 Å². The molecule has 0 aliphatic carbocycles. The van der Waals surface area contributed by atoms with Gasteiger partial charge in [-0.25, -0.2) is 4.79 Å². The second-order valence-corrected chi connectivity index (χ2v) is 6.95. The molecule has 1 aromatic rings. The zero-order valence-electron chi connectivity index (χ0n) is 13.6. The molecule has 25 heavy (non-hydrogen) atoms. The molecule has 0 amide bonds. The number of hydrogen-bond donors (Lipinski definition) is 0. The Labute approximate surface area is 145 Å². The standard InChI is InChI=1S/C16H21F3O5S/c17-16(18,19)25(21,22)24-13-9-4-2-1-3-8-12-23-15(20)14-10-6-5-7-11-14/h5-7,10-11H,1-4,8-9,12-13H2. The molecule has 9 heteroatoms. The highest BCUT2D eigenvalue weighted by Gasteiger charge is 2.47. The van der Waals surface area contributed by atoms with Crippen LogP contribution in [-0.2, 0) is 19.0 Å². The Kier molecular flexibility index (Phi) is 8.91. The fourth-order valence-electron chi connectivity index (χ4n) is 1.97. The minimum absolute atomic E-state index is 0.234.